The molecule has 2 aromatic rings. The molecule has 1 aliphatic rings. The highest BCUT2D eigenvalue weighted by atomic mass is 16.5. The number of benzene rings is 1. The van der Waals surface area contributed by atoms with Gasteiger partial charge in [-0.1, -0.05) is 13.0 Å². The fourth-order valence-corrected chi connectivity index (χ4v) is 4.51. The van der Waals surface area contributed by atoms with Crippen LogP contribution < -0.4 is 4.74 Å². The largest absolute Gasteiger partial charge is 0.496 e. The summed E-state index contributed by atoms with van der Waals surface area (Å²) >= 11 is 0. The molecule has 1 aromatic carbocycles. The van der Waals surface area contributed by atoms with Crippen LogP contribution in [0.2, 0.25) is 0 Å². The monoisotopic (exact) mass is 414 g/mol. The van der Waals surface area contributed by atoms with Gasteiger partial charge in [0.05, 0.1) is 13.3 Å². The second-order valence-electron chi connectivity index (χ2n) is 8.53. The fourth-order valence-electron chi connectivity index (χ4n) is 4.51. The van der Waals surface area contributed by atoms with Crippen LogP contribution in [-0.4, -0.2) is 64.1 Å². The number of aryl methyl sites for hydroxylation is 1. The number of hydrogen-bond acceptors (Lipinski definition) is 5. The van der Waals surface area contributed by atoms with E-state index in [0.29, 0.717) is 6.04 Å². The Kier molecular flexibility index (Phi) is 7.92. The average Bonchev–Trinajstić information content (AvgIpc) is 3.07. The van der Waals surface area contributed by atoms with E-state index in [2.05, 4.69) is 59.4 Å². The molecule has 3 rings (SSSR count). The van der Waals surface area contributed by atoms with E-state index in [4.69, 9.17) is 4.74 Å². The van der Waals surface area contributed by atoms with Crippen LogP contribution >= 0.6 is 0 Å². The Morgan fingerprint density at radius 3 is 2.60 bits per heavy atom. The molecule has 1 N–H and O–H groups in total. The van der Waals surface area contributed by atoms with Crippen molar-refractivity contribution in [2.45, 2.75) is 66.2 Å². The molecule has 1 fully saturated rings. The molecule has 6 heteroatoms. The van der Waals surface area contributed by atoms with E-state index in [9.17, 15) is 5.11 Å². The molecule has 0 amide bonds. The first-order valence-electron chi connectivity index (χ1n) is 11.2. The summed E-state index contributed by atoms with van der Waals surface area (Å²) in [4.78, 5) is 5.05. The lowest BCUT2D eigenvalue weighted by atomic mass is 10.00. The van der Waals surface area contributed by atoms with Crippen LogP contribution in [0.5, 0.6) is 5.75 Å². The first kappa shape index (κ1) is 22.8. The molecular weight excluding hydrogens is 376 g/mol. The van der Waals surface area contributed by atoms with Crippen molar-refractivity contribution in [3.05, 3.63) is 46.3 Å². The zero-order valence-electron chi connectivity index (χ0n) is 19.3. The van der Waals surface area contributed by atoms with Crippen molar-refractivity contribution in [3.8, 4) is 5.75 Å². The zero-order chi connectivity index (χ0) is 21.7. The van der Waals surface area contributed by atoms with Crippen molar-refractivity contribution in [1.82, 2.24) is 19.6 Å². The molecule has 0 radical (unpaired) electrons. The Morgan fingerprint density at radius 2 is 1.90 bits per heavy atom. The van der Waals surface area contributed by atoms with Gasteiger partial charge in [-0.05, 0) is 56.4 Å². The van der Waals surface area contributed by atoms with E-state index < -0.39 is 0 Å². The highest BCUT2D eigenvalue weighted by Crippen LogP contribution is 2.26. The molecule has 6 nitrogen and oxygen atoms in total. The highest BCUT2D eigenvalue weighted by Gasteiger charge is 2.28. The summed E-state index contributed by atoms with van der Waals surface area (Å²) in [6, 6.07) is 4.62. The number of ether oxygens (including phenoxy) is 1. The third-order valence-corrected chi connectivity index (χ3v) is 6.63. The second-order valence-corrected chi connectivity index (χ2v) is 8.53. The van der Waals surface area contributed by atoms with Crippen molar-refractivity contribution in [2.24, 2.45) is 0 Å². The van der Waals surface area contributed by atoms with Crippen LogP contribution in [0.3, 0.4) is 0 Å². The van der Waals surface area contributed by atoms with E-state index in [0.717, 1.165) is 57.9 Å². The maximum Gasteiger partial charge on any atom is 0.122 e. The van der Waals surface area contributed by atoms with Crippen LogP contribution in [0.25, 0.3) is 0 Å². The quantitative estimate of drug-likeness (QED) is 0.682. The standard InChI is InChI=1S/C24H38N4O2/c1-6-10-28-20(4)22(14-25-28)15-26-11-12-27(23(17-26)9-13-29)16-21-7-8-24(30-5)19(3)18(21)2/h7-8,14,23,29H,6,9-13,15-17H2,1-5H3/t23-/m1/s1. The number of hydrogen-bond donors (Lipinski definition) is 1. The van der Waals surface area contributed by atoms with Gasteiger partial charge in [0.15, 0.2) is 0 Å². The molecule has 0 saturated carbocycles. The zero-order valence-corrected chi connectivity index (χ0v) is 19.3. The lowest BCUT2D eigenvalue weighted by Crippen LogP contribution is -2.52. The SMILES string of the molecule is CCCn1ncc(CN2CCN(Cc3ccc(OC)c(C)c3C)[C@H](CCO)C2)c1C. The van der Waals surface area contributed by atoms with E-state index >= 15 is 0 Å². The van der Waals surface area contributed by atoms with Crippen molar-refractivity contribution >= 4 is 0 Å². The molecule has 0 unspecified atom stereocenters. The van der Waals surface area contributed by atoms with Crippen LogP contribution in [0.15, 0.2) is 18.3 Å². The highest BCUT2D eigenvalue weighted by molar-refractivity contribution is 5.43. The van der Waals surface area contributed by atoms with Crippen molar-refractivity contribution < 1.29 is 9.84 Å². The summed E-state index contributed by atoms with van der Waals surface area (Å²) in [5.41, 5.74) is 6.47. The number of methoxy groups -OCH3 is 1. The maximum atomic E-state index is 9.68. The predicted molar refractivity (Wildman–Crippen MR) is 121 cm³/mol. The summed E-state index contributed by atoms with van der Waals surface area (Å²) in [5, 5.41) is 14.2. The van der Waals surface area contributed by atoms with Gasteiger partial charge in [-0.3, -0.25) is 14.5 Å². The summed E-state index contributed by atoms with van der Waals surface area (Å²) < 4.78 is 7.58. The Labute approximate surface area is 181 Å². The molecule has 1 aliphatic heterocycles. The molecule has 0 bridgehead atoms. The summed E-state index contributed by atoms with van der Waals surface area (Å²) in [5.74, 6) is 0.951. The summed E-state index contributed by atoms with van der Waals surface area (Å²) in [6.45, 7) is 14.8. The molecule has 0 aliphatic carbocycles. The minimum atomic E-state index is 0.225. The van der Waals surface area contributed by atoms with Gasteiger partial charge in [-0.25, -0.2) is 0 Å². The van der Waals surface area contributed by atoms with E-state index in [1.165, 1.54) is 27.9 Å². The number of aromatic nitrogens is 2. The van der Waals surface area contributed by atoms with Gasteiger partial charge in [-0.15, -0.1) is 0 Å². The number of piperazine rings is 1. The molecule has 1 atom stereocenters. The molecule has 2 heterocycles. The molecule has 0 spiro atoms. The van der Waals surface area contributed by atoms with Gasteiger partial charge < -0.3 is 9.84 Å². The van der Waals surface area contributed by atoms with Gasteiger partial charge in [-0.2, -0.15) is 5.10 Å². The van der Waals surface area contributed by atoms with Gasteiger partial charge in [0.2, 0.25) is 0 Å². The third-order valence-electron chi connectivity index (χ3n) is 6.63. The van der Waals surface area contributed by atoms with E-state index in [-0.39, 0.29) is 6.61 Å². The van der Waals surface area contributed by atoms with E-state index in [1.54, 1.807) is 7.11 Å². The summed E-state index contributed by atoms with van der Waals surface area (Å²) in [7, 11) is 1.73. The first-order chi connectivity index (χ1) is 14.5. The Balaban J connectivity index is 1.68. The fraction of sp³-hybridized carbons (Fsp3) is 0.625. The van der Waals surface area contributed by atoms with Gasteiger partial charge in [0.25, 0.3) is 0 Å². The third kappa shape index (κ3) is 5.05. The predicted octanol–water partition coefficient (Wildman–Crippen LogP) is 3.30. The minimum absolute atomic E-state index is 0.225. The summed E-state index contributed by atoms with van der Waals surface area (Å²) in [6.07, 6.45) is 3.93. The van der Waals surface area contributed by atoms with Crippen molar-refractivity contribution in [3.63, 3.8) is 0 Å². The first-order valence-corrected chi connectivity index (χ1v) is 11.2. The van der Waals surface area contributed by atoms with Gasteiger partial charge in [0.1, 0.15) is 5.75 Å². The lowest BCUT2D eigenvalue weighted by molar-refractivity contribution is 0.0497. The van der Waals surface area contributed by atoms with Crippen molar-refractivity contribution in [1.29, 1.82) is 0 Å². The Bertz CT molecular complexity index is 833. The topological polar surface area (TPSA) is 53.8 Å². The van der Waals surface area contributed by atoms with Crippen molar-refractivity contribution in [2.75, 3.05) is 33.4 Å². The number of nitrogens with zero attached hydrogens (tertiary/aromatic N) is 4. The maximum absolute atomic E-state index is 9.68. The normalized spacial score (nSPS) is 18.1. The van der Waals surface area contributed by atoms with Crippen LogP contribution in [0.4, 0.5) is 0 Å². The molecule has 30 heavy (non-hydrogen) atoms. The number of aliphatic hydroxyl groups excluding tert-OH is 1. The number of rotatable bonds is 9. The average molecular weight is 415 g/mol. The lowest BCUT2D eigenvalue weighted by Gasteiger charge is -2.41. The Morgan fingerprint density at radius 1 is 1.10 bits per heavy atom. The minimum Gasteiger partial charge on any atom is -0.496 e. The molecule has 166 valence electrons. The molecule has 1 saturated heterocycles. The second kappa shape index (κ2) is 10.4. The van der Waals surface area contributed by atoms with Crippen LogP contribution in [-0.2, 0) is 19.6 Å². The Hall–Kier alpha value is -1.89. The van der Waals surface area contributed by atoms with E-state index in [1.807, 2.05) is 6.20 Å². The smallest absolute Gasteiger partial charge is 0.122 e. The van der Waals surface area contributed by atoms with Gasteiger partial charge >= 0.3 is 0 Å². The molecular formula is C24H38N4O2. The molecule has 1 aromatic heterocycles. The van der Waals surface area contributed by atoms with Gasteiger partial charge in [0, 0.05) is 63.2 Å². The van der Waals surface area contributed by atoms with Crippen LogP contribution in [0, 0.1) is 20.8 Å². The van der Waals surface area contributed by atoms with Crippen LogP contribution in [0.1, 0.15) is 47.7 Å². The number of aliphatic hydroxyl groups is 1.